The zero-order valence-corrected chi connectivity index (χ0v) is 15.0. The molecule has 3 nitrogen and oxygen atoms in total. The first-order valence-electron chi connectivity index (χ1n) is 9.00. The van der Waals surface area contributed by atoms with Crippen LogP contribution in [0.15, 0.2) is 91.0 Å². The normalized spacial score (nSPS) is 11.9. The molecule has 0 saturated carbocycles. The van der Waals surface area contributed by atoms with E-state index >= 15 is 0 Å². The van der Waals surface area contributed by atoms with Crippen molar-refractivity contribution >= 4 is 5.91 Å². The van der Waals surface area contributed by atoms with E-state index in [-0.39, 0.29) is 18.0 Å². The minimum absolute atomic E-state index is 0.0470. The van der Waals surface area contributed by atoms with Crippen molar-refractivity contribution in [2.75, 3.05) is 0 Å². The van der Waals surface area contributed by atoms with Crippen molar-refractivity contribution in [1.29, 1.82) is 0 Å². The lowest BCUT2D eigenvalue weighted by atomic mass is 9.98. The summed E-state index contributed by atoms with van der Waals surface area (Å²) in [5.74, 6) is 0.0470. The summed E-state index contributed by atoms with van der Waals surface area (Å²) in [6.07, 6.45) is 0. The Morgan fingerprint density at radius 3 is 1.77 bits per heavy atom. The predicted octanol–water partition coefficient (Wildman–Crippen LogP) is 3.04. The lowest BCUT2D eigenvalue weighted by molar-refractivity contribution is -0.704. The number of hydrogen-bond donors (Lipinski definition) is 2. The third-order valence-corrected chi connectivity index (χ3v) is 4.52. The molecule has 26 heavy (non-hydrogen) atoms. The Balaban J connectivity index is 1.69. The molecule has 0 aliphatic carbocycles. The Labute approximate surface area is 155 Å². The molecule has 0 radical (unpaired) electrons. The summed E-state index contributed by atoms with van der Waals surface area (Å²) in [5.41, 5.74) is 3.50. The number of hydrogen-bond acceptors (Lipinski definition) is 1. The lowest BCUT2D eigenvalue weighted by Crippen LogP contribution is -2.92. The fourth-order valence-corrected chi connectivity index (χ4v) is 3.06. The first-order chi connectivity index (χ1) is 12.7. The maximum Gasteiger partial charge on any atom is 0.278 e. The SMILES string of the molecule is C[C@@H]([NH2+]C(c1ccccc1)c1ccccc1)C(=O)NCc1ccccc1. The molecule has 3 aromatic rings. The second kappa shape index (κ2) is 8.97. The summed E-state index contributed by atoms with van der Waals surface area (Å²) < 4.78 is 0. The minimum atomic E-state index is -0.191. The lowest BCUT2D eigenvalue weighted by Gasteiger charge is -2.20. The molecule has 0 aromatic heterocycles. The summed E-state index contributed by atoms with van der Waals surface area (Å²) in [6.45, 7) is 2.51. The number of nitrogens with one attached hydrogen (secondary N) is 1. The van der Waals surface area contributed by atoms with E-state index in [1.54, 1.807) is 0 Å². The Hall–Kier alpha value is -2.91. The van der Waals surface area contributed by atoms with Crippen LogP contribution >= 0.6 is 0 Å². The number of benzene rings is 3. The van der Waals surface area contributed by atoms with Gasteiger partial charge in [-0.1, -0.05) is 91.0 Å². The van der Waals surface area contributed by atoms with E-state index in [9.17, 15) is 4.79 Å². The third kappa shape index (κ3) is 4.80. The largest absolute Gasteiger partial charge is 0.347 e. The molecule has 0 saturated heterocycles. The van der Waals surface area contributed by atoms with Gasteiger partial charge in [-0.05, 0) is 12.5 Å². The van der Waals surface area contributed by atoms with E-state index in [2.05, 4.69) is 34.9 Å². The van der Waals surface area contributed by atoms with Crippen LogP contribution < -0.4 is 10.6 Å². The van der Waals surface area contributed by atoms with E-state index < -0.39 is 0 Å². The maximum absolute atomic E-state index is 12.6. The molecular formula is C23H25N2O+. The molecule has 0 fully saturated rings. The monoisotopic (exact) mass is 345 g/mol. The molecule has 1 amide bonds. The van der Waals surface area contributed by atoms with Crippen LogP contribution in [0.25, 0.3) is 0 Å². The van der Waals surface area contributed by atoms with Gasteiger partial charge in [0.25, 0.3) is 5.91 Å². The molecule has 0 aliphatic heterocycles. The average molecular weight is 345 g/mol. The average Bonchev–Trinajstić information content (AvgIpc) is 2.72. The zero-order valence-electron chi connectivity index (χ0n) is 15.0. The van der Waals surface area contributed by atoms with E-state index in [4.69, 9.17) is 0 Å². The van der Waals surface area contributed by atoms with Gasteiger partial charge in [0.05, 0.1) is 0 Å². The smallest absolute Gasteiger partial charge is 0.278 e. The molecule has 1 atom stereocenters. The Morgan fingerprint density at radius 1 is 0.808 bits per heavy atom. The standard InChI is InChI=1S/C23H24N2O/c1-18(23(26)24-17-19-11-5-2-6-12-19)25-22(20-13-7-3-8-14-20)21-15-9-4-10-16-21/h2-16,18,22,25H,17H2,1H3,(H,24,26)/p+1/t18-/m1/s1. The van der Waals surface area contributed by atoms with E-state index in [1.807, 2.05) is 73.7 Å². The van der Waals surface area contributed by atoms with Gasteiger partial charge in [-0.15, -0.1) is 0 Å². The van der Waals surface area contributed by atoms with Crippen molar-refractivity contribution in [3.8, 4) is 0 Å². The summed E-state index contributed by atoms with van der Waals surface area (Å²) in [6, 6.07) is 30.5. The molecular weight excluding hydrogens is 320 g/mol. The first kappa shape index (κ1) is 17.9. The molecule has 0 heterocycles. The number of nitrogens with two attached hydrogens (primary N) is 1. The van der Waals surface area contributed by atoms with Gasteiger partial charge >= 0.3 is 0 Å². The zero-order chi connectivity index (χ0) is 18.2. The van der Waals surface area contributed by atoms with Crippen LogP contribution in [0.3, 0.4) is 0 Å². The van der Waals surface area contributed by atoms with Gasteiger partial charge in [0, 0.05) is 17.7 Å². The molecule has 3 heteroatoms. The van der Waals surface area contributed by atoms with Gasteiger partial charge in [0.1, 0.15) is 6.04 Å². The van der Waals surface area contributed by atoms with Gasteiger partial charge in [-0.25, -0.2) is 0 Å². The Bertz CT molecular complexity index is 764. The van der Waals surface area contributed by atoms with Crippen LogP contribution in [0.5, 0.6) is 0 Å². The summed E-state index contributed by atoms with van der Waals surface area (Å²) in [7, 11) is 0. The maximum atomic E-state index is 12.6. The Morgan fingerprint density at radius 2 is 1.27 bits per heavy atom. The number of rotatable bonds is 7. The molecule has 3 N–H and O–H groups in total. The van der Waals surface area contributed by atoms with Crippen molar-refractivity contribution in [2.24, 2.45) is 0 Å². The number of carbonyl (C=O) groups excluding carboxylic acids is 1. The summed E-state index contributed by atoms with van der Waals surface area (Å²) in [5, 5.41) is 5.17. The quantitative estimate of drug-likeness (QED) is 0.679. The van der Waals surface area contributed by atoms with Crippen molar-refractivity contribution < 1.29 is 10.1 Å². The molecule has 132 valence electrons. The van der Waals surface area contributed by atoms with E-state index in [1.165, 1.54) is 11.1 Å². The van der Waals surface area contributed by atoms with Gasteiger partial charge in [0.2, 0.25) is 0 Å². The van der Waals surface area contributed by atoms with Crippen LogP contribution in [0, 0.1) is 0 Å². The molecule has 3 rings (SSSR count). The fraction of sp³-hybridized carbons (Fsp3) is 0.174. The number of quaternary nitrogens is 1. The number of carbonyl (C=O) groups is 1. The summed E-state index contributed by atoms with van der Waals surface area (Å²) in [4.78, 5) is 12.6. The van der Waals surface area contributed by atoms with Crippen LogP contribution in [0.2, 0.25) is 0 Å². The van der Waals surface area contributed by atoms with Crippen LogP contribution in [-0.4, -0.2) is 11.9 Å². The predicted molar refractivity (Wildman–Crippen MR) is 104 cm³/mol. The molecule has 0 unspecified atom stereocenters. The first-order valence-corrected chi connectivity index (χ1v) is 9.00. The Kier molecular flexibility index (Phi) is 6.18. The highest BCUT2D eigenvalue weighted by atomic mass is 16.2. The fourth-order valence-electron chi connectivity index (χ4n) is 3.06. The second-order valence-corrected chi connectivity index (χ2v) is 6.48. The van der Waals surface area contributed by atoms with Gasteiger partial charge in [-0.2, -0.15) is 0 Å². The summed E-state index contributed by atoms with van der Waals surface area (Å²) >= 11 is 0. The molecule has 3 aromatic carbocycles. The van der Waals surface area contributed by atoms with Gasteiger partial charge in [0.15, 0.2) is 6.04 Å². The van der Waals surface area contributed by atoms with Crippen LogP contribution in [0.4, 0.5) is 0 Å². The third-order valence-electron chi connectivity index (χ3n) is 4.52. The molecule has 0 aliphatic rings. The van der Waals surface area contributed by atoms with Crippen molar-refractivity contribution in [3.63, 3.8) is 0 Å². The van der Waals surface area contributed by atoms with E-state index in [0.717, 1.165) is 5.56 Å². The minimum Gasteiger partial charge on any atom is -0.347 e. The van der Waals surface area contributed by atoms with Crippen molar-refractivity contribution in [2.45, 2.75) is 25.6 Å². The number of amides is 1. The van der Waals surface area contributed by atoms with Crippen molar-refractivity contribution in [1.82, 2.24) is 5.32 Å². The highest BCUT2D eigenvalue weighted by Crippen LogP contribution is 2.17. The van der Waals surface area contributed by atoms with Crippen LogP contribution in [-0.2, 0) is 11.3 Å². The van der Waals surface area contributed by atoms with Crippen molar-refractivity contribution in [3.05, 3.63) is 108 Å². The molecule has 0 spiro atoms. The van der Waals surface area contributed by atoms with Crippen LogP contribution in [0.1, 0.15) is 29.7 Å². The van der Waals surface area contributed by atoms with Gasteiger partial charge < -0.3 is 10.6 Å². The molecule has 0 bridgehead atoms. The highest BCUT2D eigenvalue weighted by molar-refractivity contribution is 5.79. The van der Waals surface area contributed by atoms with Gasteiger partial charge in [-0.3, -0.25) is 4.79 Å². The van der Waals surface area contributed by atoms with E-state index in [0.29, 0.717) is 6.54 Å². The topological polar surface area (TPSA) is 45.7 Å². The highest BCUT2D eigenvalue weighted by Gasteiger charge is 2.24. The second-order valence-electron chi connectivity index (χ2n) is 6.48.